The van der Waals surface area contributed by atoms with Crippen molar-refractivity contribution in [1.82, 2.24) is 19.3 Å². The molecule has 0 atom stereocenters. The molecule has 24 heavy (non-hydrogen) atoms. The molecule has 0 spiro atoms. The largest absolute Gasteiger partial charge is 0.328 e. The van der Waals surface area contributed by atoms with Gasteiger partial charge in [0, 0.05) is 31.8 Å². The van der Waals surface area contributed by atoms with Crippen molar-refractivity contribution in [3.8, 4) is 0 Å². The topological polar surface area (TPSA) is 81.8 Å². The Bertz CT molecular complexity index is 971. The summed E-state index contributed by atoms with van der Waals surface area (Å²) >= 11 is 0. The van der Waals surface area contributed by atoms with Crippen LogP contribution in [0.5, 0.6) is 0 Å². The number of hydrogen-bond donors (Lipinski definition) is 1. The van der Waals surface area contributed by atoms with Gasteiger partial charge in [-0.1, -0.05) is 6.92 Å². The molecule has 7 nitrogen and oxygen atoms in total. The lowest BCUT2D eigenvalue weighted by Crippen LogP contribution is -2.23. The van der Waals surface area contributed by atoms with Crippen molar-refractivity contribution in [2.45, 2.75) is 26.8 Å². The Kier molecular flexibility index (Phi) is 4.16. The molecule has 2 heterocycles. The van der Waals surface area contributed by atoms with E-state index in [4.69, 9.17) is 0 Å². The molecule has 3 rings (SSSR count). The molecule has 0 aliphatic carbocycles. The first-order valence-corrected chi connectivity index (χ1v) is 7.88. The first-order valence-electron chi connectivity index (χ1n) is 7.88. The van der Waals surface area contributed by atoms with E-state index >= 15 is 0 Å². The number of hydrogen-bond acceptors (Lipinski definition) is 4. The molecule has 1 amide bonds. The number of imidazole rings is 1. The summed E-state index contributed by atoms with van der Waals surface area (Å²) in [5, 5.41) is 6.74. The number of carbonyl (C=O) groups excluding carboxylic acids is 1. The lowest BCUT2D eigenvalue weighted by molar-refractivity contribution is 0.102. The summed E-state index contributed by atoms with van der Waals surface area (Å²) in [6.45, 7) is 5.01. The van der Waals surface area contributed by atoms with E-state index in [1.165, 1.54) is 19.2 Å². The fourth-order valence-electron chi connectivity index (χ4n) is 2.70. The van der Waals surface area contributed by atoms with Crippen LogP contribution >= 0.6 is 0 Å². The van der Waals surface area contributed by atoms with Crippen LogP contribution in [0.4, 0.5) is 5.69 Å². The van der Waals surface area contributed by atoms with Crippen molar-refractivity contribution in [1.29, 1.82) is 0 Å². The fourth-order valence-corrected chi connectivity index (χ4v) is 2.70. The molecule has 3 aromatic rings. The minimum absolute atomic E-state index is 0.186. The number of anilines is 1. The Morgan fingerprint density at radius 3 is 2.67 bits per heavy atom. The number of rotatable bonds is 4. The highest BCUT2D eigenvalue weighted by Crippen LogP contribution is 2.21. The van der Waals surface area contributed by atoms with E-state index in [-0.39, 0.29) is 17.2 Å². The number of carbonyl (C=O) groups is 1. The number of nitrogens with zero attached hydrogens (tertiary/aromatic N) is 4. The summed E-state index contributed by atoms with van der Waals surface area (Å²) in [5.74, 6) is 0.659. The minimum Gasteiger partial charge on any atom is -0.328 e. The number of nitrogens with one attached hydrogen (secondary N) is 1. The van der Waals surface area contributed by atoms with Crippen LogP contribution in [0, 0.1) is 0 Å². The summed E-state index contributed by atoms with van der Waals surface area (Å²) in [7, 11) is 1.51. The fraction of sp³-hybridized carbons (Fsp3) is 0.294. The van der Waals surface area contributed by atoms with E-state index < -0.39 is 0 Å². The molecule has 0 fully saturated rings. The second-order valence-corrected chi connectivity index (χ2v) is 5.46. The maximum atomic E-state index is 12.3. The maximum Gasteiger partial charge on any atom is 0.276 e. The SMILES string of the molecule is CCc1nc2cc(NC(=O)c3ccc(=O)n(C)n3)ccc2n1CC. The normalized spacial score (nSPS) is 11.0. The van der Waals surface area contributed by atoms with Gasteiger partial charge in [-0.25, -0.2) is 9.67 Å². The van der Waals surface area contributed by atoms with E-state index in [1.54, 1.807) is 0 Å². The molecule has 0 bridgehead atoms. The number of aromatic nitrogens is 4. The minimum atomic E-state index is -0.365. The van der Waals surface area contributed by atoms with Crippen LogP contribution in [0.1, 0.15) is 30.2 Å². The van der Waals surface area contributed by atoms with Gasteiger partial charge in [-0.3, -0.25) is 9.59 Å². The van der Waals surface area contributed by atoms with Crippen molar-refractivity contribution in [2.75, 3.05) is 5.32 Å². The van der Waals surface area contributed by atoms with Crippen LogP contribution < -0.4 is 10.9 Å². The molecule has 124 valence electrons. The monoisotopic (exact) mass is 325 g/mol. The third-order valence-corrected chi connectivity index (χ3v) is 3.91. The first kappa shape index (κ1) is 15.9. The molecule has 7 heteroatoms. The second kappa shape index (κ2) is 6.27. The molecule has 0 saturated carbocycles. The molecule has 2 aromatic heterocycles. The maximum absolute atomic E-state index is 12.3. The molecule has 0 aliphatic rings. The Hall–Kier alpha value is -2.96. The second-order valence-electron chi connectivity index (χ2n) is 5.46. The summed E-state index contributed by atoms with van der Waals surface area (Å²) in [6.07, 6.45) is 0.853. The zero-order valence-corrected chi connectivity index (χ0v) is 13.9. The van der Waals surface area contributed by atoms with Gasteiger partial charge in [0.1, 0.15) is 11.5 Å². The third-order valence-electron chi connectivity index (χ3n) is 3.91. The summed E-state index contributed by atoms with van der Waals surface area (Å²) in [4.78, 5) is 28.3. The smallest absolute Gasteiger partial charge is 0.276 e. The predicted molar refractivity (Wildman–Crippen MR) is 92.2 cm³/mol. The molecule has 1 N–H and O–H groups in total. The van der Waals surface area contributed by atoms with Gasteiger partial charge in [-0.15, -0.1) is 0 Å². The highest BCUT2D eigenvalue weighted by molar-refractivity contribution is 6.03. The number of aryl methyl sites for hydroxylation is 3. The van der Waals surface area contributed by atoms with Gasteiger partial charge in [-0.2, -0.15) is 5.10 Å². The summed E-state index contributed by atoms with van der Waals surface area (Å²) < 4.78 is 3.30. The average molecular weight is 325 g/mol. The van der Waals surface area contributed by atoms with E-state index in [9.17, 15) is 9.59 Å². The Balaban J connectivity index is 1.91. The molecule has 0 saturated heterocycles. The van der Waals surface area contributed by atoms with E-state index in [0.29, 0.717) is 5.69 Å². The van der Waals surface area contributed by atoms with Gasteiger partial charge in [0.25, 0.3) is 11.5 Å². The van der Waals surface area contributed by atoms with Crippen LogP contribution in [0.2, 0.25) is 0 Å². The predicted octanol–water partition coefficient (Wildman–Crippen LogP) is 1.96. The van der Waals surface area contributed by atoms with Gasteiger partial charge < -0.3 is 9.88 Å². The Morgan fingerprint density at radius 2 is 2.00 bits per heavy atom. The van der Waals surface area contributed by atoms with Crippen LogP contribution in [-0.4, -0.2) is 25.2 Å². The summed E-state index contributed by atoms with van der Waals surface area (Å²) in [5.41, 5.74) is 2.47. The third kappa shape index (κ3) is 2.80. The number of benzene rings is 1. The highest BCUT2D eigenvalue weighted by atomic mass is 16.2. The van der Waals surface area contributed by atoms with Crippen molar-refractivity contribution in [3.63, 3.8) is 0 Å². The van der Waals surface area contributed by atoms with Crippen LogP contribution in [0.3, 0.4) is 0 Å². The van der Waals surface area contributed by atoms with Crippen LogP contribution in [0.15, 0.2) is 35.1 Å². The van der Waals surface area contributed by atoms with Gasteiger partial charge in [0.2, 0.25) is 0 Å². The molecular weight excluding hydrogens is 306 g/mol. The van der Waals surface area contributed by atoms with Crippen molar-refractivity contribution in [3.05, 3.63) is 52.2 Å². The molecule has 1 aromatic carbocycles. The zero-order valence-electron chi connectivity index (χ0n) is 13.9. The summed E-state index contributed by atoms with van der Waals surface area (Å²) in [6, 6.07) is 8.38. The van der Waals surface area contributed by atoms with Gasteiger partial charge in [0.15, 0.2) is 0 Å². The quantitative estimate of drug-likeness (QED) is 0.795. The van der Waals surface area contributed by atoms with E-state index in [0.717, 1.165) is 34.5 Å². The average Bonchev–Trinajstić information content (AvgIpc) is 2.94. The van der Waals surface area contributed by atoms with Gasteiger partial charge in [0.05, 0.1) is 11.0 Å². The lowest BCUT2D eigenvalue weighted by atomic mass is 10.2. The number of fused-ring (bicyclic) bond motifs is 1. The van der Waals surface area contributed by atoms with Crippen molar-refractivity contribution in [2.24, 2.45) is 7.05 Å². The van der Waals surface area contributed by atoms with Crippen molar-refractivity contribution < 1.29 is 4.79 Å². The lowest BCUT2D eigenvalue weighted by Gasteiger charge is -2.06. The highest BCUT2D eigenvalue weighted by Gasteiger charge is 2.12. The first-order chi connectivity index (χ1) is 11.5. The molecular formula is C17H19N5O2. The molecule has 0 radical (unpaired) electrons. The van der Waals surface area contributed by atoms with E-state index in [2.05, 4.69) is 33.8 Å². The van der Waals surface area contributed by atoms with Crippen molar-refractivity contribution >= 4 is 22.6 Å². The Labute approximate surface area is 138 Å². The molecule has 0 unspecified atom stereocenters. The standard InChI is InChI=1S/C17H19N5O2/c1-4-15-19-13-10-11(6-8-14(13)22(15)5-2)18-17(24)12-7-9-16(23)21(3)20-12/h6-10H,4-5H2,1-3H3,(H,18,24). The molecule has 0 aliphatic heterocycles. The van der Waals surface area contributed by atoms with Crippen LogP contribution in [0.25, 0.3) is 11.0 Å². The van der Waals surface area contributed by atoms with E-state index in [1.807, 2.05) is 18.2 Å². The van der Waals surface area contributed by atoms with Crippen LogP contribution in [-0.2, 0) is 20.0 Å². The Morgan fingerprint density at radius 1 is 1.21 bits per heavy atom. The van der Waals surface area contributed by atoms with Gasteiger partial charge >= 0.3 is 0 Å². The zero-order chi connectivity index (χ0) is 17.3. The number of amides is 1. The van der Waals surface area contributed by atoms with Gasteiger partial charge in [-0.05, 0) is 31.2 Å².